The molecule has 0 aliphatic carbocycles. The Bertz CT molecular complexity index is 451. The molecule has 0 heterocycles. The van der Waals surface area contributed by atoms with Gasteiger partial charge in [0.25, 0.3) is 5.91 Å². The van der Waals surface area contributed by atoms with E-state index in [2.05, 4.69) is 10.6 Å². The third kappa shape index (κ3) is 3.61. The number of amides is 1. The summed E-state index contributed by atoms with van der Waals surface area (Å²) in [5.74, 6) is -0.189. The standard InChI is InChI=1S/C14H23N3O3/c1-3-14(8-18,9-19)17-12-7-10(5-6-11(12)15)13(20)16-4-2/h5-7,17-19H,3-4,8-9,15H2,1-2H3,(H,16,20). The minimum Gasteiger partial charge on any atom is -0.397 e. The number of anilines is 2. The zero-order valence-corrected chi connectivity index (χ0v) is 11.9. The molecule has 1 rings (SSSR count). The van der Waals surface area contributed by atoms with E-state index in [4.69, 9.17) is 5.73 Å². The number of hydrogen-bond donors (Lipinski definition) is 5. The van der Waals surface area contributed by atoms with Gasteiger partial charge in [-0.1, -0.05) is 6.92 Å². The van der Waals surface area contributed by atoms with Crippen LogP contribution >= 0.6 is 0 Å². The van der Waals surface area contributed by atoms with Crippen molar-refractivity contribution >= 4 is 17.3 Å². The molecule has 0 saturated heterocycles. The van der Waals surface area contributed by atoms with E-state index in [-0.39, 0.29) is 19.1 Å². The lowest BCUT2D eigenvalue weighted by Crippen LogP contribution is -2.45. The smallest absolute Gasteiger partial charge is 0.251 e. The highest BCUT2D eigenvalue weighted by Crippen LogP contribution is 2.25. The first-order valence-corrected chi connectivity index (χ1v) is 6.69. The van der Waals surface area contributed by atoms with Gasteiger partial charge in [0.15, 0.2) is 0 Å². The van der Waals surface area contributed by atoms with Crippen LogP contribution < -0.4 is 16.4 Å². The summed E-state index contributed by atoms with van der Waals surface area (Å²) in [5.41, 5.74) is 6.48. The first-order chi connectivity index (χ1) is 9.51. The predicted octanol–water partition coefficient (Wildman–Crippen LogP) is 0.564. The number of aliphatic hydroxyl groups excluding tert-OH is 2. The normalized spacial score (nSPS) is 11.2. The van der Waals surface area contributed by atoms with Crippen LogP contribution in [0.1, 0.15) is 30.6 Å². The fraction of sp³-hybridized carbons (Fsp3) is 0.500. The molecule has 1 aromatic carbocycles. The van der Waals surface area contributed by atoms with Gasteiger partial charge in [-0.2, -0.15) is 0 Å². The Morgan fingerprint density at radius 3 is 2.45 bits per heavy atom. The first-order valence-electron chi connectivity index (χ1n) is 6.69. The number of hydrogen-bond acceptors (Lipinski definition) is 5. The van der Waals surface area contributed by atoms with Crippen LogP contribution in [0.2, 0.25) is 0 Å². The number of nitrogen functional groups attached to an aromatic ring is 1. The molecule has 0 bridgehead atoms. The average molecular weight is 281 g/mol. The van der Waals surface area contributed by atoms with Gasteiger partial charge in [-0.3, -0.25) is 4.79 Å². The molecule has 0 unspecified atom stereocenters. The van der Waals surface area contributed by atoms with E-state index < -0.39 is 5.54 Å². The van der Waals surface area contributed by atoms with Crippen molar-refractivity contribution in [2.24, 2.45) is 0 Å². The molecule has 0 spiro atoms. The molecule has 0 atom stereocenters. The number of carbonyl (C=O) groups excluding carboxylic acids is 1. The van der Waals surface area contributed by atoms with Crippen LogP contribution in [0.3, 0.4) is 0 Å². The number of nitrogens with two attached hydrogens (primary N) is 1. The number of carbonyl (C=O) groups is 1. The lowest BCUT2D eigenvalue weighted by molar-refractivity contribution is 0.0956. The Labute approximate surface area is 119 Å². The van der Waals surface area contributed by atoms with Gasteiger partial charge in [-0.25, -0.2) is 0 Å². The van der Waals surface area contributed by atoms with Crippen molar-refractivity contribution in [2.45, 2.75) is 25.8 Å². The van der Waals surface area contributed by atoms with Crippen LogP contribution in [0, 0.1) is 0 Å². The highest BCUT2D eigenvalue weighted by Gasteiger charge is 2.27. The second-order valence-corrected chi connectivity index (χ2v) is 4.74. The number of rotatable bonds is 7. The van der Waals surface area contributed by atoms with Crippen LogP contribution in [-0.2, 0) is 0 Å². The predicted molar refractivity (Wildman–Crippen MR) is 79.7 cm³/mol. The van der Waals surface area contributed by atoms with Crippen LogP contribution in [0.5, 0.6) is 0 Å². The van der Waals surface area contributed by atoms with E-state index >= 15 is 0 Å². The Balaban J connectivity index is 3.05. The zero-order chi connectivity index (χ0) is 15.2. The van der Waals surface area contributed by atoms with E-state index in [1.165, 1.54) is 0 Å². The maximum absolute atomic E-state index is 11.8. The molecule has 0 aliphatic rings. The molecule has 6 heteroatoms. The van der Waals surface area contributed by atoms with Crippen LogP contribution in [0.15, 0.2) is 18.2 Å². The van der Waals surface area contributed by atoms with Gasteiger partial charge in [0.2, 0.25) is 0 Å². The number of aliphatic hydroxyl groups is 2. The van der Waals surface area contributed by atoms with Gasteiger partial charge >= 0.3 is 0 Å². The molecule has 0 aromatic heterocycles. The monoisotopic (exact) mass is 281 g/mol. The minimum atomic E-state index is -0.853. The van der Waals surface area contributed by atoms with Crippen molar-refractivity contribution in [3.8, 4) is 0 Å². The number of nitrogens with one attached hydrogen (secondary N) is 2. The highest BCUT2D eigenvalue weighted by atomic mass is 16.3. The molecule has 6 nitrogen and oxygen atoms in total. The van der Waals surface area contributed by atoms with Gasteiger partial charge < -0.3 is 26.6 Å². The Morgan fingerprint density at radius 2 is 1.95 bits per heavy atom. The van der Waals surface area contributed by atoms with Crippen molar-refractivity contribution in [3.05, 3.63) is 23.8 Å². The van der Waals surface area contributed by atoms with Crippen LogP contribution in [-0.4, -0.2) is 41.4 Å². The van der Waals surface area contributed by atoms with Gasteiger partial charge in [-0.15, -0.1) is 0 Å². The molecule has 0 radical (unpaired) electrons. The summed E-state index contributed by atoms with van der Waals surface area (Å²) >= 11 is 0. The largest absolute Gasteiger partial charge is 0.397 e. The fourth-order valence-corrected chi connectivity index (χ4v) is 1.80. The maximum Gasteiger partial charge on any atom is 0.251 e. The summed E-state index contributed by atoms with van der Waals surface area (Å²) in [6.07, 6.45) is 0.519. The van der Waals surface area contributed by atoms with Gasteiger partial charge in [0.05, 0.1) is 30.1 Å². The average Bonchev–Trinajstić information content (AvgIpc) is 2.47. The summed E-state index contributed by atoms with van der Waals surface area (Å²) < 4.78 is 0. The lowest BCUT2D eigenvalue weighted by atomic mass is 9.97. The van der Waals surface area contributed by atoms with E-state index in [0.717, 1.165) is 0 Å². The molecule has 0 saturated carbocycles. The molecule has 20 heavy (non-hydrogen) atoms. The summed E-state index contributed by atoms with van der Waals surface area (Å²) in [6, 6.07) is 4.88. The number of benzene rings is 1. The highest BCUT2D eigenvalue weighted by molar-refractivity contribution is 5.96. The topological polar surface area (TPSA) is 108 Å². The van der Waals surface area contributed by atoms with Crippen LogP contribution in [0.4, 0.5) is 11.4 Å². The quantitative estimate of drug-likeness (QED) is 0.469. The van der Waals surface area contributed by atoms with E-state index in [0.29, 0.717) is 29.9 Å². The molecule has 0 fully saturated rings. The molecule has 0 aliphatic heterocycles. The Morgan fingerprint density at radius 1 is 1.30 bits per heavy atom. The van der Waals surface area contributed by atoms with Gasteiger partial charge in [-0.05, 0) is 31.5 Å². The van der Waals surface area contributed by atoms with E-state index in [1.54, 1.807) is 18.2 Å². The zero-order valence-electron chi connectivity index (χ0n) is 11.9. The molecule has 6 N–H and O–H groups in total. The second-order valence-electron chi connectivity index (χ2n) is 4.74. The van der Waals surface area contributed by atoms with Crippen molar-refractivity contribution in [1.82, 2.24) is 5.32 Å². The molecular formula is C14H23N3O3. The summed E-state index contributed by atoms with van der Waals surface area (Å²) in [5, 5.41) is 24.6. The van der Waals surface area contributed by atoms with Crippen molar-refractivity contribution < 1.29 is 15.0 Å². The second kappa shape index (κ2) is 7.12. The van der Waals surface area contributed by atoms with E-state index in [9.17, 15) is 15.0 Å². The molecule has 1 aromatic rings. The Hall–Kier alpha value is -1.79. The van der Waals surface area contributed by atoms with Gasteiger partial charge in [0, 0.05) is 12.1 Å². The van der Waals surface area contributed by atoms with Crippen molar-refractivity contribution in [2.75, 3.05) is 30.8 Å². The molecule has 112 valence electrons. The third-order valence-electron chi connectivity index (χ3n) is 3.33. The fourth-order valence-electron chi connectivity index (χ4n) is 1.80. The van der Waals surface area contributed by atoms with Crippen LogP contribution in [0.25, 0.3) is 0 Å². The van der Waals surface area contributed by atoms with Gasteiger partial charge in [0.1, 0.15) is 0 Å². The summed E-state index contributed by atoms with van der Waals surface area (Å²) in [4.78, 5) is 11.8. The molecular weight excluding hydrogens is 258 g/mol. The van der Waals surface area contributed by atoms with E-state index in [1.807, 2.05) is 13.8 Å². The van der Waals surface area contributed by atoms with Crippen molar-refractivity contribution in [3.63, 3.8) is 0 Å². The molecule has 1 amide bonds. The maximum atomic E-state index is 11.8. The first kappa shape index (κ1) is 16.3. The minimum absolute atomic E-state index is 0.189. The lowest BCUT2D eigenvalue weighted by Gasteiger charge is -2.31. The third-order valence-corrected chi connectivity index (χ3v) is 3.33. The summed E-state index contributed by atoms with van der Waals surface area (Å²) in [6.45, 7) is 3.77. The summed E-state index contributed by atoms with van der Waals surface area (Å²) in [7, 11) is 0. The Kier molecular flexibility index (Phi) is 5.79. The van der Waals surface area contributed by atoms with Crippen molar-refractivity contribution in [1.29, 1.82) is 0 Å². The SMILES string of the molecule is CCNC(=O)c1ccc(N)c(NC(CC)(CO)CO)c1.